The van der Waals surface area contributed by atoms with Gasteiger partial charge < -0.3 is 0 Å². The second-order valence-electron chi connectivity index (χ2n) is 7.97. The Morgan fingerprint density at radius 2 is 1.83 bits per heavy atom. The van der Waals surface area contributed by atoms with Crippen molar-refractivity contribution >= 4 is 11.8 Å². The van der Waals surface area contributed by atoms with Gasteiger partial charge in [0.15, 0.2) is 0 Å². The van der Waals surface area contributed by atoms with Crippen molar-refractivity contribution in [3.63, 3.8) is 0 Å². The molecule has 1 rings (SSSR count). The van der Waals surface area contributed by atoms with Crippen molar-refractivity contribution in [3.8, 4) is 0 Å². The van der Waals surface area contributed by atoms with E-state index >= 15 is 0 Å². The first kappa shape index (κ1) is 15.9. The second-order valence-corrected chi connectivity index (χ2v) is 9.07. The van der Waals surface area contributed by atoms with Gasteiger partial charge in [0.1, 0.15) is 0 Å². The fourth-order valence-electron chi connectivity index (χ4n) is 3.20. The van der Waals surface area contributed by atoms with Gasteiger partial charge >= 0.3 is 0 Å². The van der Waals surface area contributed by atoms with Crippen LogP contribution in [0.2, 0.25) is 0 Å². The lowest BCUT2D eigenvalue weighted by Gasteiger charge is -2.31. The summed E-state index contributed by atoms with van der Waals surface area (Å²) in [5, 5.41) is 0. The van der Waals surface area contributed by atoms with Gasteiger partial charge in [-0.05, 0) is 52.6 Å². The van der Waals surface area contributed by atoms with Gasteiger partial charge in [0.05, 0.1) is 0 Å². The molecule has 0 nitrogen and oxygen atoms in total. The molecule has 1 heterocycles. The van der Waals surface area contributed by atoms with E-state index in [-0.39, 0.29) is 0 Å². The number of rotatable bonds is 5. The predicted molar refractivity (Wildman–Crippen MR) is 85.9 cm³/mol. The van der Waals surface area contributed by atoms with Crippen LogP contribution in [0.25, 0.3) is 0 Å². The van der Waals surface area contributed by atoms with Crippen LogP contribution in [0.15, 0.2) is 23.1 Å². The van der Waals surface area contributed by atoms with Crippen molar-refractivity contribution in [3.05, 3.63) is 23.1 Å². The molecule has 1 heteroatoms. The molecular formula is C17H30S. The molecule has 0 aromatic heterocycles. The number of hydrogen-bond donors (Lipinski definition) is 0. The molecule has 0 spiro atoms. The SMILES string of the molecule is C=C1C=C(CC(C)(C)CC(C)CC(C)(C)C)SC1. The summed E-state index contributed by atoms with van der Waals surface area (Å²) in [6.07, 6.45) is 6.13. The maximum absolute atomic E-state index is 4.05. The van der Waals surface area contributed by atoms with E-state index in [2.05, 4.69) is 54.2 Å². The lowest BCUT2D eigenvalue weighted by molar-refractivity contribution is 0.219. The molecule has 0 amide bonds. The Morgan fingerprint density at radius 1 is 1.22 bits per heavy atom. The third kappa shape index (κ3) is 6.13. The van der Waals surface area contributed by atoms with Crippen LogP contribution in [0.3, 0.4) is 0 Å². The summed E-state index contributed by atoms with van der Waals surface area (Å²) in [6, 6.07) is 0. The molecule has 1 atom stereocenters. The maximum atomic E-state index is 4.05. The smallest absolute Gasteiger partial charge is 0.0223 e. The number of allylic oxidation sites excluding steroid dienone is 2. The first-order chi connectivity index (χ1) is 8.07. The molecule has 0 radical (unpaired) electrons. The van der Waals surface area contributed by atoms with Crippen molar-refractivity contribution in [2.24, 2.45) is 16.7 Å². The second kappa shape index (κ2) is 5.86. The fraction of sp³-hybridized carbons (Fsp3) is 0.765. The van der Waals surface area contributed by atoms with E-state index in [1.54, 1.807) is 0 Å². The number of thioether (sulfide) groups is 1. The molecule has 0 saturated heterocycles. The van der Waals surface area contributed by atoms with E-state index in [0.29, 0.717) is 10.8 Å². The molecule has 0 aromatic carbocycles. The average molecular weight is 266 g/mol. The van der Waals surface area contributed by atoms with Gasteiger partial charge in [-0.25, -0.2) is 0 Å². The highest BCUT2D eigenvalue weighted by Crippen LogP contribution is 2.41. The van der Waals surface area contributed by atoms with Crippen LogP contribution in [-0.2, 0) is 0 Å². The molecule has 1 aliphatic rings. The van der Waals surface area contributed by atoms with Crippen molar-refractivity contribution < 1.29 is 0 Å². The topological polar surface area (TPSA) is 0 Å². The summed E-state index contributed by atoms with van der Waals surface area (Å²) in [5.41, 5.74) is 2.15. The Kier molecular flexibility index (Phi) is 5.17. The largest absolute Gasteiger partial charge is 0.126 e. The minimum absolute atomic E-state index is 0.411. The lowest BCUT2D eigenvalue weighted by Crippen LogP contribution is -2.19. The summed E-state index contributed by atoms with van der Waals surface area (Å²) in [5.74, 6) is 1.90. The van der Waals surface area contributed by atoms with Crippen LogP contribution in [-0.4, -0.2) is 5.75 Å². The van der Waals surface area contributed by atoms with E-state index in [0.717, 1.165) is 11.7 Å². The summed E-state index contributed by atoms with van der Waals surface area (Å²) in [4.78, 5) is 1.54. The van der Waals surface area contributed by atoms with Crippen LogP contribution >= 0.6 is 11.8 Å². The van der Waals surface area contributed by atoms with Gasteiger partial charge in [-0.1, -0.05) is 48.1 Å². The van der Waals surface area contributed by atoms with Gasteiger partial charge in [0.25, 0.3) is 0 Å². The van der Waals surface area contributed by atoms with Crippen LogP contribution in [0, 0.1) is 16.7 Å². The minimum atomic E-state index is 0.411. The van der Waals surface area contributed by atoms with Gasteiger partial charge in [0.2, 0.25) is 0 Å². The molecule has 0 aliphatic carbocycles. The van der Waals surface area contributed by atoms with Crippen molar-refractivity contribution in [1.29, 1.82) is 0 Å². The lowest BCUT2D eigenvalue weighted by atomic mass is 9.75. The maximum Gasteiger partial charge on any atom is 0.0223 e. The van der Waals surface area contributed by atoms with Crippen molar-refractivity contribution in [2.45, 2.75) is 60.8 Å². The monoisotopic (exact) mass is 266 g/mol. The zero-order chi connectivity index (χ0) is 14.0. The van der Waals surface area contributed by atoms with Crippen LogP contribution < -0.4 is 0 Å². The Morgan fingerprint density at radius 3 is 2.28 bits per heavy atom. The van der Waals surface area contributed by atoms with E-state index in [1.807, 2.05) is 11.8 Å². The Hall–Kier alpha value is -0.170. The summed E-state index contributed by atoms with van der Waals surface area (Å²) >= 11 is 1.98. The molecular weight excluding hydrogens is 236 g/mol. The van der Waals surface area contributed by atoms with Gasteiger partial charge in [-0.2, -0.15) is 0 Å². The van der Waals surface area contributed by atoms with Crippen LogP contribution in [0.1, 0.15) is 60.8 Å². The summed E-state index contributed by atoms with van der Waals surface area (Å²) in [7, 11) is 0. The molecule has 1 aliphatic heterocycles. The first-order valence-corrected chi connectivity index (χ1v) is 8.07. The molecule has 0 fully saturated rings. The molecule has 0 aromatic rings. The highest BCUT2D eigenvalue weighted by molar-refractivity contribution is 8.03. The van der Waals surface area contributed by atoms with Gasteiger partial charge in [-0.3, -0.25) is 0 Å². The van der Waals surface area contributed by atoms with Gasteiger partial charge in [0, 0.05) is 5.75 Å². The standard InChI is InChI=1S/C17H30S/c1-13-8-15(18-12-13)11-17(6,7)10-14(2)9-16(3,4)5/h8,14H,1,9-12H2,2-7H3. The molecule has 104 valence electrons. The van der Waals surface area contributed by atoms with Crippen LogP contribution in [0.5, 0.6) is 0 Å². The molecule has 0 bridgehead atoms. The summed E-state index contributed by atoms with van der Waals surface area (Å²) < 4.78 is 0. The van der Waals surface area contributed by atoms with Gasteiger partial charge in [-0.15, -0.1) is 11.8 Å². The minimum Gasteiger partial charge on any atom is -0.126 e. The van der Waals surface area contributed by atoms with Crippen molar-refractivity contribution in [2.75, 3.05) is 5.75 Å². The third-order valence-electron chi connectivity index (χ3n) is 3.32. The van der Waals surface area contributed by atoms with E-state index in [1.165, 1.54) is 29.7 Å². The highest BCUT2D eigenvalue weighted by atomic mass is 32.2. The Bertz CT molecular complexity index is 328. The van der Waals surface area contributed by atoms with E-state index in [4.69, 9.17) is 0 Å². The van der Waals surface area contributed by atoms with E-state index in [9.17, 15) is 0 Å². The normalized spacial score (nSPS) is 19.0. The van der Waals surface area contributed by atoms with E-state index < -0.39 is 0 Å². The molecule has 18 heavy (non-hydrogen) atoms. The third-order valence-corrected chi connectivity index (χ3v) is 4.47. The van der Waals surface area contributed by atoms with Crippen molar-refractivity contribution in [1.82, 2.24) is 0 Å². The average Bonchev–Trinajstić information content (AvgIpc) is 2.44. The first-order valence-electron chi connectivity index (χ1n) is 7.09. The predicted octanol–water partition coefficient (Wildman–Crippen LogP) is 6.05. The summed E-state index contributed by atoms with van der Waals surface area (Å²) in [6.45, 7) is 18.3. The Labute approximate surface area is 118 Å². The Balaban J connectivity index is 2.49. The zero-order valence-corrected chi connectivity index (χ0v) is 13.9. The van der Waals surface area contributed by atoms with Crippen LogP contribution in [0.4, 0.5) is 0 Å². The zero-order valence-electron chi connectivity index (χ0n) is 13.1. The molecule has 1 unspecified atom stereocenters. The fourth-order valence-corrected chi connectivity index (χ4v) is 4.40. The number of hydrogen-bond acceptors (Lipinski definition) is 1. The molecule has 0 saturated carbocycles. The highest BCUT2D eigenvalue weighted by Gasteiger charge is 2.26. The molecule has 0 N–H and O–H groups in total. The quantitative estimate of drug-likeness (QED) is 0.583.